The highest BCUT2D eigenvalue weighted by atomic mass is 16.5. The van der Waals surface area contributed by atoms with E-state index in [2.05, 4.69) is 11.9 Å². The first-order chi connectivity index (χ1) is 7.20. The van der Waals surface area contributed by atoms with E-state index in [9.17, 15) is 5.11 Å². The van der Waals surface area contributed by atoms with Crippen LogP contribution >= 0.6 is 0 Å². The predicted octanol–water partition coefficient (Wildman–Crippen LogP) is 1.56. The van der Waals surface area contributed by atoms with Gasteiger partial charge in [0.2, 0.25) is 0 Å². The second kappa shape index (κ2) is 4.21. The van der Waals surface area contributed by atoms with Gasteiger partial charge < -0.3 is 14.7 Å². The van der Waals surface area contributed by atoms with E-state index in [-0.39, 0.29) is 6.10 Å². The van der Waals surface area contributed by atoms with E-state index in [0.29, 0.717) is 0 Å². The number of aliphatic hydroxyl groups is 1. The Hall–Kier alpha value is -1.06. The number of methoxy groups -OCH3 is 1. The second-order valence-corrected chi connectivity index (χ2v) is 4.11. The number of ether oxygens (including phenoxy) is 1. The quantitative estimate of drug-likeness (QED) is 0.758. The molecule has 1 unspecified atom stereocenters. The molecule has 82 valence electrons. The van der Waals surface area contributed by atoms with Gasteiger partial charge in [-0.05, 0) is 36.7 Å². The van der Waals surface area contributed by atoms with Gasteiger partial charge in [0.1, 0.15) is 5.75 Å². The molecule has 0 aromatic heterocycles. The zero-order valence-electron chi connectivity index (χ0n) is 9.23. The van der Waals surface area contributed by atoms with Crippen LogP contribution in [-0.4, -0.2) is 30.7 Å². The molecule has 1 aliphatic heterocycles. The van der Waals surface area contributed by atoms with Crippen LogP contribution in [0, 0.1) is 0 Å². The molecule has 1 heterocycles. The maximum absolute atomic E-state index is 9.96. The minimum atomic E-state index is -0.337. The SMILES string of the molecule is COc1ccc2c(c1)CN(C)CCC2O. The Morgan fingerprint density at radius 1 is 1.47 bits per heavy atom. The van der Waals surface area contributed by atoms with Crippen molar-refractivity contribution >= 4 is 0 Å². The van der Waals surface area contributed by atoms with Gasteiger partial charge >= 0.3 is 0 Å². The normalized spacial score (nSPS) is 21.9. The van der Waals surface area contributed by atoms with Gasteiger partial charge in [-0.2, -0.15) is 0 Å². The Kier molecular flexibility index (Phi) is 2.93. The van der Waals surface area contributed by atoms with Crippen molar-refractivity contribution in [3.63, 3.8) is 0 Å². The zero-order chi connectivity index (χ0) is 10.8. The van der Waals surface area contributed by atoms with E-state index in [4.69, 9.17) is 4.74 Å². The number of benzene rings is 1. The standard InChI is InChI=1S/C12H17NO2/c1-13-6-5-12(14)11-4-3-10(15-2)7-9(11)8-13/h3-4,7,12,14H,5-6,8H2,1-2H3. The molecule has 15 heavy (non-hydrogen) atoms. The third-order valence-corrected chi connectivity index (χ3v) is 2.93. The van der Waals surface area contributed by atoms with Gasteiger partial charge in [0.15, 0.2) is 0 Å². The van der Waals surface area contributed by atoms with Crippen LogP contribution < -0.4 is 4.74 Å². The summed E-state index contributed by atoms with van der Waals surface area (Å²) in [7, 11) is 3.74. The minimum Gasteiger partial charge on any atom is -0.497 e. The molecule has 3 heteroatoms. The summed E-state index contributed by atoms with van der Waals surface area (Å²) in [4.78, 5) is 2.22. The number of rotatable bonds is 1. The van der Waals surface area contributed by atoms with Crippen molar-refractivity contribution in [1.29, 1.82) is 0 Å². The summed E-state index contributed by atoms with van der Waals surface area (Å²) in [6.45, 7) is 1.81. The maximum atomic E-state index is 9.96. The van der Waals surface area contributed by atoms with E-state index in [1.54, 1.807) is 7.11 Å². The van der Waals surface area contributed by atoms with Gasteiger partial charge in [-0.15, -0.1) is 0 Å². The molecule has 3 nitrogen and oxygen atoms in total. The molecule has 0 saturated heterocycles. The highest BCUT2D eigenvalue weighted by molar-refractivity contribution is 5.37. The fourth-order valence-corrected chi connectivity index (χ4v) is 2.04. The summed E-state index contributed by atoms with van der Waals surface area (Å²) in [6.07, 6.45) is 0.464. The van der Waals surface area contributed by atoms with Gasteiger partial charge in [-0.25, -0.2) is 0 Å². The summed E-state index contributed by atoms with van der Waals surface area (Å²) < 4.78 is 5.19. The van der Waals surface area contributed by atoms with Gasteiger partial charge in [0, 0.05) is 13.1 Å². The molecule has 1 N–H and O–H groups in total. The molecule has 2 rings (SSSR count). The molecule has 0 radical (unpaired) electrons. The van der Waals surface area contributed by atoms with Gasteiger partial charge in [0.05, 0.1) is 13.2 Å². The number of hydrogen-bond acceptors (Lipinski definition) is 3. The van der Waals surface area contributed by atoms with Crippen molar-refractivity contribution in [3.05, 3.63) is 29.3 Å². The van der Waals surface area contributed by atoms with Gasteiger partial charge in [-0.3, -0.25) is 0 Å². The van der Waals surface area contributed by atoms with Crippen LogP contribution in [-0.2, 0) is 6.54 Å². The van der Waals surface area contributed by atoms with E-state index in [0.717, 1.165) is 30.8 Å². The molecule has 0 spiro atoms. The molecule has 1 aromatic carbocycles. The monoisotopic (exact) mass is 207 g/mol. The summed E-state index contributed by atoms with van der Waals surface area (Å²) in [5.41, 5.74) is 2.21. The molecule has 0 aliphatic carbocycles. The van der Waals surface area contributed by atoms with E-state index in [1.165, 1.54) is 5.56 Å². The average molecular weight is 207 g/mol. The Labute approximate surface area is 90.3 Å². The lowest BCUT2D eigenvalue weighted by atomic mass is 10.0. The first-order valence-electron chi connectivity index (χ1n) is 5.24. The van der Waals surface area contributed by atoms with Crippen molar-refractivity contribution < 1.29 is 9.84 Å². The molecule has 0 bridgehead atoms. The van der Waals surface area contributed by atoms with Crippen molar-refractivity contribution in [2.24, 2.45) is 0 Å². The molecular weight excluding hydrogens is 190 g/mol. The fourth-order valence-electron chi connectivity index (χ4n) is 2.04. The van der Waals surface area contributed by atoms with Gasteiger partial charge in [0.25, 0.3) is 0 Å². The second-order valence-electron chi connectivity index (χ2n) is 4.11. The summed E-state index contributed by atoms with van der Waals surface area (Å²) in [5, 5.41) is 9.96. The average Bonchev–Trinajstić information content (AvgIpc) is 2.38. The van der Waals surface area contributed by atoms with Crippen LogP contribution in [0.1, 0.15) is 23.7 Å². The highest BCUT2D eigenvalue weighted by Gasteiger charge is 2.18. The molecular formula is C12H17NO2. The van der Waals surface area contributed by atoms with E-state index >= 15 is 0 Å². The first kappa shape index (κ1) is 10.5. The fraction of sp³-hybridized carbons (Fsp3) is 0.500. The molecule has 0 saturated carbocycles. The first-order valence-corrected chi connectivity index (χ1v) is 5.24. The Bertz CT molecular complexity index is 351. The van der Waals surface area contributed by atoms with Gasteiger partial charge in [-0.1, -0.05) is 6.07 Å². The zero-order valence-corrected chi connectivity index (χ0v) is 9.23. The summed E-state index contributed by atoms with van der Waals surface area (Å²) >= 11 is 0. The van der Waals surface area contributed by atoms with Crippen molar-refractivity contribution in [3.8, 4) is 5.75 Å². The molecule has 0 fully saturated rings. The predicted molar refractivity (Wildman–Crippen MR) is 58.9 cm³/mol. The Morgan fingerprint density at radius 2 is 2.27 bits per heavy atom. The van der Waals surface area contributed by atoms with E-state index in [1.807, 2.05) is 18.2 Å². The lowest BCUT2D eigenvalue weighted by Gasteiger charge is -2.13. The smallest absolute Gasteiger partial charge is 0.119 e. The lowest BCUT2D eigenvalue weighted by molar-refractivity contribution is 0.157. The summed E-state index contributed by atoms with van der Waals surface area (Å²) in [6, 6.07) is 5.89. The van der Waals surface area contributed by atoms with Crippen LogP contribution in [0.5, 0.6) is 5.75 Å². The van der Waals surface area contributed by atoms with Crippen LogP contribution in [0.4, 0.5) is 0 Å². The van der Waals surface area contributed by atoms with Crippen molar-refractivity contribution in [2.75, 3.05) is 20.7 Å². The number of hydrogen-bond donors (Lipinski definition) is 1. The number of aliphatic hydroxyl groups excluding tert-OH is 1. The van der Waals surface area contributed by atoms with Crippen LogP contribution in [0.3, 0.4) is 0 Å². The van der Waals surface area contributed by atoms with Crippen LogP contribution in [0.25, 0.3) is 0 Å². The third-order valence-electron chi connectivity index (χ3n) is 2.93. The summed E-state index contributed by atoms with van der Waals surface area (Å²) in [5.74, 6) is 0.858. The largest absolute Gasteiger partial charge is 0.497 e. The minimum absolute atomic E-state index is 0.337. The van der Waals surface area contributed by atoms with Crippen LogP contribution in [0.2, 0.25) is 0 Å². The van der Waals surface area contributed by atoms with Crippen LogP contribution in [0.15, 0.2) is 18.2 Å². The lowest BCUT2D eigenvalue weighted by Crippen LogP contribution is -2.17. The molecule has 1 atom stereocenters. The Balaban J connectivity index is 2.38. The number of nitrogens with zero attached hydrogens (tertiary/aromatic N) is 1. The molecule has 0 amide bonds. The maximum Gasteiger partial charge on any atom is 0.119 e. The van der Waals surface area contributed by atoms with Crippen molar-refractivity contribution in [1.82, 2.24) is 4.90 Å². The topological polar surface area (TPSA) is 32.7 Å². The van der Waals surface area contributed by atoms with Crippen molar-refractivity contribution in [2.45, 2.75) is 19.1 Å². The number of fused-ring (bicyclic) bond motifs is 1. The highest BCUT2D eigenvalue weighted by Crippen LogP contribution is 2.28. The third kappa shape index (κ3) is 2.13. The molecule has 1 aliphatic rings. The Morgan fingerprint density at radius 3 is 3.00 bits per heavy atom. The van der Waals surface area contributed by atoms with E-state index < -0.39 is 0 Å². The molecule has 1 aromatic rings.